The molecule has 0 aliphatic carbocycles. The molecule has 1 atom stereocenters. The van der Waals surface area contributed by atoms with Gasteiger partial charge in [0.15, 0.2) is 6.61 Å². The van der Waals surface area contributed by atoms with E-state index in [1.807, 2.05) is 39.0 Å². The maximum atomic E-state index is 12.5. The lowest BCUT2D eigenvalue weighted by Gasteiger charge is -2.42. The number of morpholine rings is 1. The van der Waals surface area contributed by atoms with Crippen molar-refractivity contribution in [1.29, 1.82) is 0 Å². The molecular formula is C18H27NO4. The Bertz CT molecular complexity index is 556. The minimum atomic E-state index is -0.377. The zero-order chi connectivity index (χ0) is 17.0. The van der Waals surface area contributed by atoms with Gasteiger partial charge in [-0.05, 0) is 51.0 Å². The number of carbonyl (C=O) groups is 1. The van der Waals surface area contributed by atoms with Gasteiger partial charge in [0, 0.05) is 20.2 Å². The molecule has 0 unspecified atom stereocenters. The van der Waals surface area contributed by atoms with E-state index >= 15 is 0 Å². The number of aryl methyl sites for hydroxylation is 2. The van der Waals surface area contributed by atoms with Crippen LogP contribution in [0.4, 0.5) is 0 Å². The maximum Gasteiger partial charge on any atom is 0.260 e. The monoisotopic (exact) mass is 321 g/mol. The van der Waals surface area contributed by atoms with Crippen molar-refractivity contribution in [2.45, 2.75) is 39.4 Å². The lowest BCUT2D eigenvalue weighted by molar-refractivity contribution is -0.170. The number of methoxy groups -OCH3 is 1. The Hall–Kier alpha value is -1.59. The van der Waals surface area contributed by atoms with Crippen molar-refractivity contribution in [3.05, 3.63) is 29.3 Å². The quantitative estimate of drug-likeness (QED) is 0.835. The number of amides is 1. The Kier molecular flexibility index (Phi) is 5.65. The third kappa shape index (κ3) is 4.94. The number of hydrogen-bond acceptors (Lipinski definition) is 4. The van der Waals surface area contributed by atoms with Gasteiger partial charge in [0.2, 0.25) is 0 Å². The summed E-state index contributed by atoms with van der Waals surface area (Å²) in [5.74, 6) is 0.697. The molecule has 1 amide bonds. The van der Waals surface area contributed by atoms with E-state index in [1.165, 1.54) is 5.56 Å². The van der Waals surface area contributed by atoms with Crippen LogP contribution >= 0.6 is 0 Å². The summed E-state index contributed by atoms with van der Waals surface area (Å²) in [6, 6.07) is 5.85. The molecular weight excluding hydrogens is 294 g/mol. The highest BCUT2D eigenvalue weighted by Crippen LogP contribution is 2.22. The molecule has 0 aromatic heterocycles. The standard InChI is InChI=1S/C18H27NO4/c1-13-6-7-15(8-14(13)2)22-11-17(20)19-9-16(10-21-5)23-18(3,4)12-19/h6-8,16H,9-12H2,1-5H3/t16-/m0/s1. The van der Waals surface area contributed by atoms with Gasteiger partial charge in [-0.1, -0.05) is 6.07 Å². The Morgan fingerprint density at radius 1 is 1.35 bits per heavy atom. The topological polar surface area (TPSA) is 48.0 Å². The third-order valence-corrected chi connectivity index (χ3v) is 4.03. The van der Waals surface area contributed by atoms with Gasteiger partial charge in [-0.2, -0.15) is 0 Å². The van der Waals surface area contributed by atoms with Crippen molar-refractivity contribution < 1.29 is 19.0 Å². The largest absolute Gasteiger partial charge is 0.484 e. The average Bonchev–Trinajstić information content (AvgIpc) is 2.47. The molecule has 1 fully saturated rings. The Morgan fingerprint density at radius 2 is 2.09 bits per heavy atom. The molecule has 1 saturated heterocycles. The Labute approximate surface area is 138 Å². The van der Waals surface area contributed by atoms with Crippen LogP contribution in [-0.2, 0) is 14.3 Å². The van der Waals surface area contributed by atoms with Crippen LogP contribution in [0.2, 0.25) is 0 Å². The highest BCUT2D eigenvalue weighted by Gasteiger charge is 2.35. The summed E-state index contributed by atoms with van der Waals surface area (Å²) in [6.45, 7) is 9.66. The van der Waals surface area contributed by atoms with E-state index in [-0.39, 0.29) is 24.2 Å². The summed E-state index contributed by atoms with van der Waals surface area (Å²) < 4.78 is 16.7. The highest BCUT2D eigenvalue weighted by atomic mass is 16.5. The van der Waals surface area contributed by atoms with Crippen LogP contribution in [0.3, 0.4) is 0 Å². The zero-order valence-corrected chi connectivity index (χ0v) is 14.7. The second kappa shape index (κ2) is 7.32. The van der Waals surface area contributed by atoms with Gasteiger partial charge in [0.05, 0.1) is 18.3 Å². The van der Waals surface area contributed by atoms with Crippen molar-refractivity contribution in [2.75, 3.05) is 33.4 Å². The van der Waals surface area contributed by atoms with Gasteiger partial charge in [0.25, 0.3) is 5.91 Å². The van der Waals surface area contributed by atoms with Crippen LogP contribution in [0.25, 0.3) is 0 Å². The normalized spacial score (nSPS) is 20.4. The molecule has 0 saturated carbocycles. The maximum absolute atomic E-state index is 12.5. The average molecular weight is 321 g/mol. The Balaban J connectivity index is 1.94. The molecule has 5 heteroatoms. The summed E-state index contributed by atoms with van der Waals surface area (Å²) in [4.78, 5) is 14.3. The van der Waals surface area contributed by atoms with Crippen LogP contribution in [0, 0.1) is 13.8 Å². The van der Waals surface area contributed by atoms with Gasteiger partial charge in [-0.25, -0.2) is 0 Å². The molecule has 23 heavy (non-hydrogen) atoms. The van der Waals surface area contributed by atoms with Gasteiger partial charge in [-0.15, -0.1) is 0 Å². The molecule has 128 valence electrons. The van der Waals surface area contributed by atoms with Crippen molar-refractivity contribution in [3.8, 4) is 5.75 Å². The molecule has 0 bridgehead atoms. The Morgan fingerprint density at radius 3 is 2.74 bits per heavy atom. The predicted molar refractivity (Wildman–Crippen MR) is 88.8 cm³/mol. The van der Waals surface area contributed by atoms with Crippen molar-refractivity contribution in [2.24, 2.45) is 0 Å². The van der Waals surface area contributed by atoms with E-state index in [1.54, 1.807) is 12.0 Å². The first-order valence-electron chi connectivity index (χ1n) is 7.95. The van der Waals surface area contributed by atoms with Crippen molar-refractivity contribution in [3.63, 3.8) is 0 Å². The van der Waals surface area contributed by atoms with Crippen LogP contribution in [-0.4, -0.2) is 55.9 Å². The fraction of sp³-hybridized carbons (Fsp3) is 0.611. The number of carbonyl (C=O) groups excluding carboxylic acids is 1. The molecule has 1 aromatic rings. The van der Waals surface area contributed by atoms with E-state index in [4.69, 9.17) is 14.2 Å². The first-order chi connectivity index (χ1) is 10.8. The first kappa shape index (κ1) is 17.8. The summed E-state index contributed by atoms with van der Waals surface area (Å²) >= 11 is 0. The predicted octanol–water partition coefficient (Wildman–Crippen LogP) is 2.33. The highest BCUT2D eigenvalue weighted by molar-refractivity contribution is 5.78. The van der Waals surface area contributed by atoms with E-state index in [0.29, 0.717) is 19.7 Å². The van der Waals surface area contributed by atoms with Crippen LogP contribution < -0.4 is 4.74 Å². The van der Waals surface area contributed by atoms with Crippen LogP contribution in [0.15, 0.2) is 18.2 Å². The van der Waals surface area contributed by atoms with Gasteiger partial charge in [0.1, 0.15) is 5.75 Å². The molecule has 0 N–H and O–H groups in total. The molecule has 5 nitrogen and oxygen atoms in total. The lowest BCUT2D eigenvalue weighted by atomic mass is 10.1. The number of rotatable bonds is 5. The summed E-state index contributed by atoms with van der Waals surface area (Å²) in [5.41, 5.74) is 1.99. The minimum absolute atomic E-state index is 0.0271. The summed E-state index contributed by atoms with van der Waals surface area (Å²) in [5, 5.41) is 0. The fourth-order valence-electron chi connectivity index (χ4n) is 2.80. The first-order valence-corrected chi connectivity index (χ1v) is 7.95. The van der Waals surface area contributed by atoms with Crippen molar-refractivity contribution >= 4 is 5.91 Å². The van der Waals surface area contributed by atoms with Crippen LogP contribution in [0.1, 0.15) is 25.0 Å². The summed E-state index contributed by atoms with van der Waals surface area (Å²) in [7, 11) is 1.64. The molecule has 0 radical (unpaired) electrons. The molecule has 1 heterocycles. The number of nitrogens with zero attached hydrogens (tertiary/aromatic N) is 1. The molecule has 1 aliphatic heterocycles. The molecule has 2 rings (SSSR count). The third-order valence-electron chi connectivity index (χ3n) is 4.03. The van der Waals surface area contributed by atoms with Crippen LogP contribution in [0.5, 0.6) is 5.75 Å². The van der Waals surface area contributed by atoms with Crippen molar-refractivity contribution in [1.82, 2.24) is 4.90 Å². The number of hydrogen-bond donors (Lipinski definition) is 0. The smallest absolute Gasteiger partial charge is 0.260 e. The van der Waals surface area contributed by atoms with Gasteiger partial charge >= 0.3 is 0 Å². The number of benzene rings is 1. The molecule has 1 aliphatic rings. The van der Waals surface area contributed by atoms with E-state index in [9.17, 15) is 4.79 Å². The summed E-state index contributed by atoms with van der Waals surface area (Å²) in [6.07, 6.45) is -0.102. The number of ether oxygens (including phenoxy) is 3. The van der Waals surface area contributed by atoms with Gasteiger partial charge < -0.3 is 19.1 Å². The minimum Gasteiger partial charge on any atom is -0.484 e. The molecule has 0 spiro atoms. The molecule has 1 aromatic carbocycles. The fourth-order valence-corrected chi connectivity index (χ4v) is 2.80. The second-order valence-corrected chi connectivity index (χ2v) is 6.76. The zero-order valence-electron chi connectivity index (χ0n) is 14.7. The lowest BCUT2D eigenvalue weighted by Crippen LogP contribution is -2.56. The second-order valence-electron chi connectivity index (χ2n) is 6.76. The van der Waals surface area contributed by atoms with E-state index in [0.717, 1.165) is 11.3 Å². The van der Waals surface area contributed by atoms with E-state index < -0.39 is 0 Å². The van der Waals surface area contributed by atoms with E-state index in [2.05, 4.69) is 6.92 Å². The SMILES string of the molecule is COC[C@@H]1CN(C(=O)COc2ccc(C)c(C)c2)CC(C)(C)O1. The van der Waals surface area contributed by atoms with Gasteiger partial charge in [-0.3, -0.25) is 4.79 Å².